The van der Waals surface area contributed by atoms with Gasteiger partial charge in [0.05, 0.1) is 22.7 Å². The number of carbonyl (C=O) groups is 1. The van der Waals surface area contributed by atoms with Crippen molar-refractivity contribution in [3.8, 4) is 0 Å². The summed E-state index contributed by atoms with van der Waals surface area (Å²) in [5.41, 5.74) is 1.94. The van der Waals surface area contributed by atoms with Crippen LogP contribution < -0.4 is 9.62 Å². The standard InChI is InChI=1S/C30H44N2O4S/c1-6-30(18-10-7-11-19-30)29(34)31-24(5)28(33)20-25-12-8-9-13-27(25)32(21-22(2)3)37(35,36)26-16-14-23(4)15-17-26/h8-9,12-17,22,24,28,33H,6-7,10-11,18-21H2,1-5H3,(H,31,34)/t24-,28+/m0/s1. The molecule has 0 spiro atoms. The van der Waals surface area contributed by atoms with Crippen LogP contribution in [0.2, 0.25) is 0 Å². The number of hydrogen-bond acceptors (Lipinski definition) is 4. The number of rotatable bonds is 11. The molecule has 1 fully saturated rings. The van der Waals surface area contributed by atoms with Crippen LogP contribution in [0.15, 0.2) is 53.4 Å². The Bertz CT molecular complexity index is 1140. The van der Waals surface area contributed by atoms with Crippen LogP contribution in [0.1, 0.15) is 77.3 Å². The molecule has 0 aliphatic heterocycles. The van der Waals surface area contributed by atoms with Gasteiger partial charge < -0.3 is 10.4 Å². The van der Waals surface area contributed by atoms with Gasteiger partial charge in [0.25, 0.3) is 10.0 Å². The predicted octanol–water partition coefficient (Wildman–Crippen LogP) is 5.61. The van der Waals surface area contributed by atoms with Crippen molar-refractivity contribution in [1.29, 1.82) is 0 Å². The molecular weight excluding hydrogens is 484 g/mol. The lowest BCUT2D eigenvalue weighted by molar-refractivity contribution is -0.134. The first-order valence-corrected chi connectivity index (χ1v) is 15.1. The van der Waals surface area contributed by atoms with E-state index in [9.17, 15) is 18.3 Å². The van der Waals surface area contributed by atoms with E-state index in [4.69, 9.17) is 0 Å². The maximum Gasteiger partial charge on any atom is 0.264 e. The number of hydrogen-bond donors (Lipinski definition) is 2. The Balaban J connectivity index is 1.84. The predicted molar refractivity (Wildman–Crippen MR) is 150 cm³/mol. The normalized spacial score (nSPS) is 17.3. The molecule has 0 saturated heterocycles. The molecule has 7 heteroatoms. The van der Waals surface area contributed by atoms with Crippen molar-refractivity contribution in [3.05, 3.63) is 59.7 Å². The minimum Gasteiger partial charge on any atom is -0.391 e. The minimum atomic E-state index is -3.81. The highest BCUT2D eigenvalue weighted by Crippen LogP contribution is 2.39. The van der Waals surface area contributed by atoms with Crippen molar-refractivity contribution in [2.45, 2.75) is 96.6 Å². The van der Waals surface area contributed by atoms with E-state index < -0.39 is 22.2 Å². The lowest BCUT2D eigenvalue weighted by Gasteiger charge is -2.36. The number of carbonyl (C=O) groups excluding carboxylic acids is 1. The van der Waals surface area contributed by atoms with Crippen LogP contribution in [-0.4, -0.2) is 38.1 Å². The molecule has 6 nitrogen and oxygen atoms in total. The van der Waals surface area contributed by atoms with Gasteiger partial charge in [-0.15, -0.1) is 0 Å². The van der Waals surface area contributed by atoms with Gasteiger partial charge in [-0.2, -0.15) is 0 Å². The Morgan fingerprint density at radius 2 is 1.65 bits per heavy atom. The Morgan fingerprint density at radius 3 is 2.24 bits per heavy atom. The van der Waals surface area contributed by atoms with Gasteiger partial charge in [0, 0.05) is 18.4 Å². The second-order valence-electron chi connectivity index (χ2n) is 11.1. The van der Waals surface area contributed by atoms with Crippen LogP contribution in [0.5, 0.6) is 0 Å². The van der Waals surface area contributed by atoms with Gasteiger partial charge in [0.15, 0.2) is 0 Å². The second-order valence-corrected chi connectivity index (χ2v) is 13.0. The number of aliphatic hydroxyl groups excluding tert-OH is 1. The largest absolute Gasteiger partial charge is 0.391 e. The van der Waals surface area contributed by atoms with E-state index in [1.807, 2.05) is 45.9 Å². The zero-order chi connectivity index (χ0) is 27.2. The highest BCUT2D eigenvalue weighted by Gasteiger charge is 2.38. The highest BCUT2D eigenvalue weighted by atomic mass is 32.2. The van der Waals surface area contributed by atoms with Crippen molar-refractivity contribution in [3.63, 3.8) is 0 Å². The van der Waals surface area contributed by atoms with Gasteiger partial charge >= 0.3 is 0 Å². The molecule has 204 valence electrons. The molecule has 1 aliphatic rings. The molecule has 0 heterocycles. The molecule has 2 atom stereocenters. The number of anilines is 1. The Labute approximate surface area is 223 Å². The van der Waals surface area contributed by atoms with E-state index in [1.165, 1.54) is 10.7 Å². The van der Waals surface area contributed by atoms with Crippen molar-refractivity contribution in [1.82, 2.24) is 5.32 Å². The fourth-order valence-electron chi connectivity index (χ4n) is 5.25. The van der Waals surface area contributed by atoms with Crippen molar-refractivity contribution >= 4 is 21.6 Å². The van der Waals surface area contributed by atoms with E-state index in [0.29, 0.717) is 12.2 Å². The smallest absolute Gasteiger partial charge is 0.264 e. The molecule has 37 heavy (non-hydrogen) atoms. The first kappa shape index (κ1) is 29.2. The lowest BCUT2D eigenvalue weighted by Crippen LogP contribution is -2.49. The minimum absolute atomic E-state index is 0.0259. The van der Waals surface area contributed by atoms with Gasteiger partial charge in [0.2, 0.25) is 5.91 Å². The third-order valence-electron chi connectivity index (χ3n) is 7.73. The van der Waals surface area contributed by atoms with Gasteiger partial charge in [-0.3, -0.25) is 9.10 Å². The number of benzene rings is 2. The lowest BCUT2D eigenvalue weighted by atomic mass is 9.71. The monoisotopic (exact) mass is 528 g/mol. The summed E-state index contributed by atoms with van der Waals surface area (Å²) in [6, 6.07) is 13.8. The van der Waals surface area contributed by atoms with Crippen molar-refractivity contribution < 1.29 is 18.3 Å². The molecule has 2 aromatic rings. The highest BCUT2D eigenvalue weighted by molar-refractivity contribution is 7.92. The average molecular weight is 529 g/mol. The number of aryl methyl sites for hydroxylation is 1. The van der Waals surface area contributed by atoms with E-state index in [-0.39, 0.29) is 28.6 Å². The third kappa shape index (κ3) is 6.94. The summed E-state index contributed by atoms with van der Waals surface area (Å²) in [5.74, 6) is 0.120. The Morgan fingerprint density at radius 1 is 1.03 bits per heavy atom. The van der Waals surface area contributed by atoms with Gasteiger partial charge in [-0.05, 0) is 62.8 Å². The molecule has 3 rings (SSSR count). The molecular formula is C30H44N2O4S. The fraction of sp³-hybridized carbons (Fsp3) is 0.567. The molecule has 0 bridgehead atoms. The zero-order valence-corrected chi connectivity index (χ0v) is 23.9. The quantitative estimate of drug-likeness (QED) is 0.397. The summed E-state index contributed by atoms with van der Waals surface area (Å²) >= 11 is 0. The summed E-state index contributed by atoms with van der Waals surface area (Å²) in [7, 11) is -3.81. The molecule has 0 aromatic heterocycles. The number of sulfonamides is 1. The summed E-state index contributed by atoms with van der Waals surface area (Å²) in [5, 5.41) is 14.2. The summed E-state index contributed by atoms with van der Waals surface area (Å²) in [4.78, 5) is 13.5. The van der Waals surface area contributed by atoms with Gasteiger partial charge in [0.1, 0.15) is 0 Å². The second kappa shape index (κ2) is 12.4. The first-order valence-electron chi connectivity index (χ1n) is 13.7. The maximum absolute atomic E-state index is 13.7. The van der Waals surface area contributed by atoms with Crippen LogP contribution in [-0.2, 0) is 21.2 Å². The van der Waals surface area contributed by atoms with E-state index >= 15 is 0 Å². The summed E-state index contributed by atoms with van der Waals surface area (Å²) in [6.45, 7) is 10.1. The molecule has 1 amide bonds. The van der Waals surface area contributed by atoms with Crippen molar-refractivity contribution in [2.24, 2.45) is 11.3 Å². The molecule has 1 aliphatic carbocycles. The van der Waals surface area contributed by atoms with Crippen LogP contribution >= 0.6 is 0 Å². The van der Waals surface area contributed by atoms with E-state index in [1.54, 1.807) is 30.3 Å². The van der Waals surface area contributed by atoms with Crippen LogP contribution in [0.4, 0.5) is 5.69 Å². The summed E-state index contributed by atoms with van der Waals surface area (Å²) in [6.07, 6.45) is 5.25. The molecule has 0 radical (unpaired) electrons. The zero-order valence-electron chi connectivity index (χ0n) is 23.0. The number of para-hydroxylation sites is 1. The Hall–Kier alpha value is -2.38. The number of nitrogens with zero attached hydrogens (tertiary/aromatic N) is 1. The maximum atomic E-state index is 13.7. The fourth-order valence-corrected chi connectivity index (χ4v) is 6.92. The van der Waals surface area contributed by atoms with Gasteiger partial charge in [-0.1, -0.05) is 75.9 Å². The average Bonchev–Trinajstić information content (AvgIpc) is 2.88. The molecule has 1 saturated carbocycles. The third-order valence-corrected chi connectivity index (χ3v) is 9.53. The molecule has 2 N–H and O–H groups in total. The molecule has 0 unspecified atom stereocenters. The Kier molecular flexibility index (Phi) is 9.81. The van der Waals surface area contributed by atoms with E-state index in [0.717, 1.165) is 43.2 Å². The van der Waals surface area contributed by atoms with Gasteiger partial charge in [-0.25, -0.2) is 8.42 Å². The van der Waals surface area contributed by atoms with Crippen LogP contribution in [0.25, 0.3) is 0 Å². The van der Waals surface area contributed by atoms with Crippen LogP contribution in [0.3, 0.4) is 0 Å². The number of nitrogens with one attached hydrogen (secondary N) is 1. The topological polar surface area (TPSA) is 86.7 Å². The molecule has 2 aromatic carbocycles. The van der Waals surface area contributed by atoms with Crippen molar-refractivity contribution in [2.75, 3.05) is 10.8 Å². The number of aliphatic hydroxyl groups is 1. The first-order chi connectivity index (χ1) is 17.5. The SMILES string of the molecule is CCC1(C(=O)N[C@@H](C)[C@H](O)Cc2ccccc2N(CC(C)C)S(=O)(=O)c2ccc(C)cc2)CCCCC1. The summed E-state index contributed by atoms with van der Waals surface area (Å²) < 4.78 is 29.0. The van der Waals surface area contributed by atoms with E-state index in [2.05, 4.69) is 12.2 Å². The van der Waals surface area contributed by atoms with Crippen LogP contribution in [0, 0.1) is 18.3 Å². The number of amides is 1.